The highest BCUT2D eigenvalue weighted by atomic mass is 19.1. The zero-order valence-corrected chi connectivity index (χ0v) is 13.9. The topological polar surface area (TPSA) is 86.9 Å². The number of halogens is 2. The van der Waals surface area contributed by atoms with E-state index >= 15 is 0 Å². The van der Waals surface area contributed by atoms with Gasteiger partial charge in [-0.15, -0.1) is 0 Å². The lowest BCUT2D eigenvalue weighted by molar-refractivity contribution is -0.118. The summed E-state index contributed by atoms with van der Waals surface area (Å²) in [5, 5.41) is 12.4. The molecule has 0 aliphatic rings. The number of hydrogen-bond acceptors (Lipinski definition) is 3. The summed E-state index contributed by atoms with van der Waals surface area (Å²) in [6.45, 7) is 1.77. The van der Waals surface area contributed by atoms with Gasteiger partial charge >= 0.3 is 0 Å². The molecule has 3 aromatic rings. The second-order valence-corrected chi connectivity index (χ2v) is 5.70. The molecule has 0 saturated carbocycles. The van der Waals surface area contributed by atoms with Crippen LogP contribution in [-0.4, -0.2) is 35.1 Å². The molecule has 0 unspecified atom stereocenters. The van der Waals surface area contributed by atoms with Crippen molar-refractivity contribution in [1.29, 1.82) is 0 Å². The van der Waals surface area contributed by atoms with Crippen molar-refractivity contribution in [3.05, 3.63) is 53.6 Å². The Balaban J connectivity index is 1.89. The summed E-state index contributed by atoms with van der Waals surface area (Å²) in [4.78, 5) is 23.0. The minimum Gasteiger partial charge on any atom is -0.355 e. The first-order chi connectivity index (χ1) is 12.5. The smallest absolute Gasteiger partial charge is 0.254 e. The minimum atomic E-state index is -0.705. The number of rotatable bonds is 5. The van der Waals surface area contributed by atoms with Crippen LogP contribution >= 0.6 is 0 Å². The Morgan fingerprint density at radius 2 is 1.88 bits per heavy atom. The molecule has 2 aromatic carbocycles. The Morgan fingerprint density at radius 1 is 1.12 bits per heavy atom. The van der Waals surface area contributed by atoms with Gasteiger partial charge in [-0.2, -0.15) is 5.10 Å². The second-order valence-electron chi connectivity index (χ2n) is 5.70. The summed E-state index contributed by atoms with van der Waals surface area (Å²) in [6, 6.07) is 8.40. The molecule has 0 atom stereocenters. The Labute approximate surface area is 147 Å². The van der Waals surface area contributed by atoms with Gasteiger partial charge < -0.3 is 10.6 Å². The van der Waals surface area contributed by atoms with Gasteiger partial charge in [-0.1, -0.05) is 12.1 Å². The van der Waals surface area contributed by atoms with Crippen molar-refractivity contribution in [3.8, 4) is 11.3 Å². The summed E-state index contributed by atoms with van der Waals surface area (Å²) in [6.07, 6.45) is 0. The predicted molar refractivity (Wildman–Crippen MR) is 92.5 cm³/mol. The van der Waals surface area contributed by atoms with Gasteiger partial charge in [0.2, 0.25) is 5.91 Å². The normalized spacial score (nSPS) is 10.7. The molecule has 1 aromatic heterocycles. The summed E-state index contributed by atoms with van der Waals surface area (Å²) >= 11 is 0. The SMILES string of the molecule is CC(=O)NCCNC(=O)c1cc2c(-c3cccc(F)c3)n[nH]c2cc1F. The zero-order valence-electron chi connectivity index (χ0n) is 13.9. The third-order valence-corrected chi connectivity index (χ3v) is 3.78. The number of aromatic amines is 1. The van der Waals surface area contributed by atoms with Crippen LogP contribution in [0.1, 0.15) is 17.3 Å². The Bertz CT molecular complexity index is 984. The quantitative estimate of drug-likeness (QED) is 0.612. The van der Waals surface area contributed by atoms with E-state index in [0.717, 1.165) is 0 Å². The first-order valence-corrected chi connectivity index (χ1v) is 7.92. The van der Waals surface area contributed by atoms with Gasteiger partial charge in [0.25, 0.3) is 5.91 Å². The van der Waals surface area contributed by atoms with Crippen molar-refractivity contribution >= 4 is 22.7 Å². The summed E-state index contributed by atoms with van der Waals surface area (Å²) in [5.41, 5.74) is 1.18. The minimum absolute atomic E-state index is 0.153. The van der Waals surface area contributed by atoms with E-state index in [0.29, 0.717) is 22.2 Å². The Morgan fingerprint density at radius 3 is 2.62 bits per heavy atom. The van der Waals surface area contributed by atoms with Crippen LogP contribution < -0.4 is 10.6 Å². The number of carbonyl (C=O) groups is 2. The third-order valence-electron chi connectivity index (χ3n) is 3.78. The summed E-state index contributed by atoms with van der Waals surface area (Å²) in [5.74, 6) is -1.95. The van der Waals surface area contributed by atoms with Crippen molar-refractivity contribution < 1.29 is 18.4 Å². The van der Waals surface area contributed by atoms with Crippen LogP contribution in [0, 0.1) is 11.6 Å². The molecule has 0 bridgehead atoms. The first-order valence-electron chi connectivity index (χ1n) is 7.92. The molecule has 134 valence electrons. The van der Waals surface area contributed by atoms with E-state index in [1.807, 2.05) is 0 Å². The molecule has 2 amide bonds. The number of fused-ring (bicyclic) bond motifs is 1. The largest absolute Gasteiger partial charge is 0.355 e. The predicted octanol–water partition coefficient (Wildman–Crippen LogP) is 2.37. The number of hydrogen-bond donors (Lipinski definition) is 3. The molecule has 8 heteroatoms. The Hall–Kier alpha value is -3.29. The third kappa shape index (κ3) is 3.69. The van der Waals surface area contributed by atoms with Crippen LogP contribution in [0.2, 0.25) is 0 Å². The molecule has 0 aliphatic carbocycles. The number of carbonyl (C=O) groups excluding carboxylic acids is 2. The molecule has 0 aliphatic heterocycles. The lowest BCUT2D eigenvalue weighted by Crippen LogP contribution is -2.34. The number of nitrogens with zero attached hydrogens (tertiary/aromatic N) is 1. The van der Waals surface area contributed by atoms with Gasteiger partial charge in [0, 0.05) is 37.0 Å². The van der Waals surface area contributed by atoms with Gasteiger partial charge in [0.05, 0.1) is 11.1 Å². The lowest BCUT2D eigenvalue weighted by Gasteiger charge is -2.07. The van der Waals surface area contributed by atoms with E-state index in [1.54, 1.807) is 12.1 Å². The highest BCUT2D eigenvalue weighted by Gasteiger charge is 2.17. The van der Waals surface area contributed by atoms with Gasteiger partial charge in [-0.3, -0.25) is 14.7 Å². The van der Waals surface area contributed by atoms with Crippen molar-refractivity contribution in [2.45, 2.75) is 6.92 Å². The number of benzene rings is 2. The van der Waals surface area contributed by atoms with E-state index < -0.39 is 17.5 Å². The maximum absolute atomic E-state index is 14.2. The monoisotopic (exact) mass is 358 g/mol. The van der Waals surface area contributed by atoms with Crippen molar-refractivity contribution in [1.82, 2.24) is 20.8 Å². The van der Waals surface area contributed by atoms with E-state index in [-0.39, 0.29) is 24.6 Å². The van der Waals surface area contributed by atoms with Crippen LogP contribution in [0.4, 0.5) is 8.78 Å². The van der Waals surface area contributed by atoms with Crippen LogP contribution in [-0.2, 0) is 4.79 Å². The molecule has 0 spiro atoms. The number of H-pyrrole nitrogens is 1. The fraction of sp³-hybridized carbons (Fsp3) is 0.167. The average Bonchev–Trinajstić information content (AvgIpc) is 3.00. The van der Waals surface area contributed by atoms with Gasteiger partial charge in [0.15, 0.2) is 0 Å². The van der Waals surface area contributed by atoms with Crippen LogP contribution in [0.15, 0.2) is 36.4 Å². The van der Waals surface area contributed by atoms with E-state index in [1.165, 1.54) is 31.2 Å². The molecule has 3 rings (SSSR count). The molecule has 6 nitrogen and oxygen atoms in total. The number of amides is 2. The molecular formula is C18H16F2N4O2. The molecule has 0 radical (unpaired) electrons. The van der Waals surface area contributed by atoms with Crippen molar-refractivity contribution in [2.75, 3.05) is 13.1 Å². The molecular weight excluding hydrogens is 342 g/mol. The van der Waals surface area contributed by atoms with Gasteiger partial charge in [0.1, 0.15) is 17.3 Å². The first kappa shape index (κ1) is 17.5. The van der Waals surface area contributed by atoms with E-state index in [4.69, 9.17) is 0 Å². The molecule has 0 saturated heterocycles. The molecule has 1 heterocycles. The number of aromatic nitrogens is 2. The molecule has 26 heavy (non-hydrogen) atoms. The molecule has 0 fully saturated rings. The van der Waals surface area contributed by atoms with Crippen LogP contribution in [0.5, 0.6) is 0 Å². The van der Waals surface area contributed by atoms with Crippen molar-refractivity contribution in [2.24, 2.45) is 0 Å². The summed E-state index contributed by atoms with van der Waals surface area (Å²) in [7, 11) is 0. The van der Waals surface area contributed by atoms with E-state index in [9.17, 15) is 18.4 Å². The maximum Gasteiger partial charge on any atom is 0.254 e. The van der Waals surface area contributed by atoms with Crippen LogP contribution in [0.3, 0.4) is 0 Å². The highest BCUT2D eigenvalue weighted by molar-refractivity contribution is 6.01. The number of nitrogens with one attached hydrogen (secondary N) is 3. The fourth-order valence-corrected chi connectivity index (χ4v) is 2.58. The Kier molecular flexibility index (Phi) is 4.92. The summed E-state index contributed by atoms with van der Waals surface area (Å²) < 4.78 is 27.7. The van der Waals surface area contributed by atoms with Crippen molar-refractivity contribution in [3.63, 3.8) is 0 Å². The maximum atomic E-state index is 14.2. The second kappa shape index (κ2) is 7.30. The average molecular weight is 358 g/mol. The van der Waals surface area contributed by atoms with Gasteiger partial charge in [-0.25, -0.2) is 8.78 Å². The molecule has 3 N–H and O–H groups in total. The highest BCUT2D eigenvalue weighted by Crippen LogP contribution is 2.28. The lowest BCUT2D eigenvalue weighted by atomic mass is 10.0. The van der Waals surface area contributed by atoms with E-state index in [2.05, 4.69) is 20.8 Å². The fourth-order valence-electron chi connectivity index (χ4n) is 2.58. The zero-order chi connectivity index (χ0) is 18.7. The van der Waals surface area contributed by atoms with Crippen LogP contribution in [0.25, 0.3) is 22.2 Å². The van der Waals surface area contributed by atoms with Gasteiger partial charge in [-0.05, 0) is 18.2 Å². The standard InChI is InChI=1S/C18H16F2N4O2/c1-10(25)21-5-6-22-18(26)13-8-14-16(9-15(13)20)23-24-17(14)11-3-2-4-12(19)7-11/h2-4,7-9H,5-6H2,1H3,(H,21,25)(H,22,26)(H,23,24).